The highest BCUT2D eigenvalue weighted by Crippen LogP contribution is 2.30. The van der Waals surface area contributed by atoms with E-state index in [0.717, 1.165) is 19.4 Å². The minimum Gasteiger partial charge on any atom is -0.383 e. The number of ether oxygens (including phenoxy) is 2. The van der Waals surface area contributed by atoms with Crippen molar-refractivity contribution in [2.24, 2.45) is 0 Å². The van der Waals surface area contributed by atoms with Crippen LogP contribution in [0.15, 0.2) is 4.52 Å². The van der Waals surface area contributed by atoms with Crippen LogP contribution in [0.2, 0.25) is 0 Å². The van der Waals surface area contributed by atoms with Crippen LogP contribution >= 0.6 is 0 Å². The maximum Gasteiger partial charge on any atom is 0.228 e. The van der Waals surface area contributed by atoms with Crippen LogP contribution < -0.4 is 5.32 Å². The van der Waals surface area contributed by atoms with Gasteiger partial charge in [-0.3, -0.25) is 0 Å². The van der Waals surface area contributed by atoms with Gasteiger partial charge in [0, 0.05) is 26.2 Å². The predicted molar refractivity (Wildman–Crippen MR) is 81.2 cm³/mol. The molecule has 1 unspecified atom stereocenters. The summed E-state index contributed by atoms with van der Waals surface area (Å²) in [5.41, 5.74) is -0.439. The first-order valence-corrected chi connectivity index (χ1v) is 7.85. The number of methoxy groups -OCH3 is 1. The van der Waals surface area contributed by atoms with Crippen LogP contribution in [-0.4, -0.2) is 43.1 Å². The lowest BCUT2D eigenvalue weighted by molar-refractivity contribution is -0.0583. The molecule has 0 fully saturated rings. The first kappa shape index (κ1) is 18.1. The van der Waals surface area contributed by atoms with Crippen LogP contribution in [0.3, 0.4) is 0 Å². The molecule has 0 aliphatic carbocycles. The second-order valence-electron chi connectivity index (χ2n) is 5.06. The van der Waals surface area contributed by atoms with Crippen LogP contribution in [0.4, 0.5) is 0 Å². The number of aromatic nitrogens is 2. The Bertz CT molecular complexity index is 385. The first-order valence-electron chi connectivity index (χ1n) is 7.85. The Kier molecular flexibility index (Phi) is 7.85. The average molecular weight is 299 g/mol. The van der Waals surface area contributed by atoms with Crippen molar-refractivity contribution < 1.29 is 14.0 Å². The molecule has 0 amide bonds. The molecule has 0 saturated heterocycles. The molecule has 1 rings (SSSR count). The summed E-state index contributed by atoms with van der Waals surface area (Å²) < 4.78 is 16.5. The van der Waals surface area contributed by atoms with Crippen LogP contribution in [0.25, 0.3) is 0 Å². The third-order valence-electron chi connectivity index (χ3n) is 3.72. The zero-order valence-electron chi connectivity index (χ0n) is 13.9. The largest absolute Gasteiger partial charge is 0.383 e. The maximum absolute atomic E-state index is 5.90. The van der Waals surface area contributed by atoms with Gasteiger partial charge in [-0.2, -0.15) is 4.98 Å². The summed E-state index contributed by atoms with van der Waals surface area (Å²) in [5.74, 6) is 1.27. The average Bonchev–Trinajstić information content (AvgIpc) is 2.94. The van der Waals surface area contributed by atoms with E-state index in [9.17, 15) is 0 Å². The molecule has 0 aromatic carbocycles. The standard InChI is InChI=1S/C15H29N3O3/c1-6-15(7-2,20-9-4)14-17-13(21-18-14)10-12(11-19-5)16-8-3/h12,16H,6-11H2,1-5H3. The lowest BCUT2D eigenvalue weighted by Crippen LogP contribution is -2.35. The number of nitrogens with one attached hydrogen (secondary N) is 1. The van der Waals surface area contributed by atoms with E-state index >= 15 is 0 Å². The summed E-state index contributed by atoms with van der Waals surface area (Å²) in [6.07, 6.45) is 2.31. The number of hydrogen-bond acceptors (Lipinski definition) is 6. The van der Waals surface area contributed by atoms with Crippen molar-refractivity contribution in [2.75, 3.05) is 26.9 Å². The summed E-state index contributed by atoms with van der Waals surface area (Å²) in [5, 5.41) is 7.49. The van der Waals surface area contributed by atoms with Crippen LogP contribution in [0.1, 0.15) is 52.3 Å². The summed E-state index contributed by atoms with van der Waals surface area (Å²) in [4.78, 5) is 4.55. The zero-order valence-corrected chi connectivity index (χ0v) is 13.9. The second-order valence-corrected chi connectivity index (χ2v) is 5.06. The fourth-order valence-electron chi connectivity index (χ4n) is 2.52. The van der Waals surface area contributed by atoms with Crippen LogP contribution in [0, 0.1) is 0 Å². The monoisotopic (exact) mass is 299 g/mol. The van der Waals surface area contributed by atoms with Gasteiger partial charge < -0.3 is 19.3 Å². The van der Waals surface area contributed by atoms with E-state index in [1.807, 2.05) is 6.92 Å². The third-order valence-corrected chi connectivity index (χ3v) is 3.72. The summed E-state index contributed by atoms with van der Waals surface area (Å²) in [6, 6.07) is 0.179. The highest BCUT2D eigenvalue weighted by atomic mass is 16.5. The van der Waals surface area contributed by atoms with E-state index in [1.54, 1.807) is 7.11 Å². The summed E-state index contributed by atoms with van der Waals surface area (Å²) in [6.45, 7) is 10.3. The fraction of sp³-hybridized carbons (Fsp3) is 0.867. The molecule has 1 N–H and O–H groups in total. The molecule has 0 saturated carbocycles. The molecule has 0 radical (unpaired) electrons. The highest BCUT2D eigenvalue weighted by Gasteiger charge is 2.34. The smallest absolute Gasteiger partial charge is 0.228 e. The van der Waals surface area contributed by atoms with Gasteiger partial charge in [0.2, 0.25) is 11.7 Å². The molecule has 1 atom stereocenters. The molecule has 1 aromatic heterocycles. The molecule has 1 aromatic rings. The molecular formula is C15H29N3O3. The lowest BCUT2D eigenvalue weighted by atomic mass is 9.96. The SMILES string of the molecule is CCNC(COC)Cc1nc(C(CC)(CC)OCC)no1. The number of likely N-dealkylation sites (N-methyl/N-ethyl adjacent to an activating group) is 1. The third kappa shape index (κ3) is 4.76. The Morgan fingerprint density at radius 2 is 1.95 bits per heavy atom. The zero-order chi connectivity index (χ0) is 15.7. The minimum atomic E-state index is -0.439. The quantitative estimate of drug-likeness (QED) is 0.676. The molecule has 6 heteroatoms. The molecule has 21 heavy (non-hydrogen) atoms. The van der Waals surface area contributed by atoms with E-state index in [-0.39, 0.29) is 6.04 Å². The van der Waals surface area contributed by atoms with Crippen molar-refractivity contribution in [3.63, 3.8) is 0 Å². The van der Waals surface area contributed by atoms with Gasteiger partial charge in [-0.25, -0.2) is 0 Å². The normalized spacial score (nSPS) is 13.6. The molecular weight excluding hydrogens is 270 g/mol. The second kappa shape index (κ2) is 9.12. The number of nitrogens with zero attached hydrogens (tertiary/aromatic N) is 2. The molecule has 6 nitrogen and oxygen atoms in total. The molecule has 1 heterocycles. The van der Waals surface area contributed by atoms with E-state index < -0.39 is 5.60 Å². The van der Waals surface area contributed by atoms with Gasteiger partial charge in [-0.15, -0.1) is 0 Å². The molecule has 0 spiro atoms. The Labute approximate surface area is 127 Å². The Balaban J connectivity index is 2.83. The molecule has 0 aliphatic rings. The van der Waals surface area contributed by atoms with Crippen molar-refractivity contribution in [1.29, 1.82) is 0 Å². The predicted octanol–water partition coefficient (Wildman–Crippen LogP) is 2.29. The van der Waals surface area contributed by atoms with Crippen molar-refractivity contribution in [3.05, 3.63) is 11.7 Å². The van der Waals surface area contributed by atoms with Crippen LogP contribution in [-0.2, 0) is 21.5 Å². The lowest BCUT2D eigenvalue weighted by Gasteiger charge is -2.27. The number of hydrogen-bond donors (Lipinski definition) is 1. The van der Waals surface area contributed by atoms with Crippen molar-refractivity contribution in [3.8, 4) is 0 Å². The van der Waals surface area contributed by atoms with Gasteiger partial charge in [0.25, 0.3) is 0 Å². The van der Waals surface area contributed by atoms with Crippen LogP contribution in [0.5, 0.6) is 0 Å². The van der Waals surface area contributed by atoms with Gasteiger partial charge in [0.05, 0.1) is 6.61 Å². The number of rotatable bonds is 11. The summed E-state index contributed by atoms with van der Waals surface area (Å²) >= 11 is 0. The fourth-order valence-corrected chi connectivity index (χ4v) is 2.52. The minimum absolute atomic E-state index is 0.179. The maximum atomic E-state index is 5.90. The highest BCUT2D eigenvalue weighted by molar-refractivity contribution is 5.02. The molecule has 0 aliphatic heterocycles. The van der Waals surface area contributed by atoms with Crippen molar-refractivity contribution in [1.82, 2.24) is 15.5 Å². The van der Waals surface area contributed by atoms with E-state index in [4.69, 9.17) is 14.0 Å². The molecule has 122 valence electrons. The Morgan fingerprint density at radius 1 is 1.24 bits per heavy atom. The topological polar surface area (TPSA) is 69.4 Å². The van der Waals surface area contributed by atoms with Crippen molar-refractivity contribution >= 4 is 0 Å². The van der Waals surface area contributed by atoms with Gasteiger partial charge >= 0.3 is 0 Å². The Hall–Kier alpha value is -0.980. The van der Waals surface area contributed by atoms with Gasteiger partial charge in [0.1, 0.15) is 5.60 Å². The van der Waals surface area contributed by atoms with E-state index in [0.29, 0.717) is 31.3 Å². The van der Waals surface area contributed by atoms with E-state index in [1.165, 1.54) is 0 Å². The van der Waals surface area contributed by atoms with Crippen molar-refractivity contribution in [2.45, 2.75) is 58.6 Å². The van der Waals surface area contributed by atoms with E-state index in [2.05, 4.69) is 36.2 Å². The van der Waals surface area contributed by atoms with Gasteiger partial charge in [0.15, 0.2) is 0 Å². The first-order chi connectivity index (χ1) is 10.2. The van der Waals surface area contributed by atoms with Gasteiger partial charge in [-0.1, -0.05) is 25.9 Å². The summed E-state index contributed by atoms with van der Waals surface area (Å²) in [7, 11) is 1.69. The molecule has 0 bridgehead atoms. The Morgan fingerprint density at radius 3 is 2.48 bits per heavy atom. The van der Waals surface area contributed by atoms with Gasteiger partial charge in [-0.05, 0) is 26.3 Å².